The van der Waals surface area contributed by atoms with Crippen LogP contribution in [0.25, 0.3) is 0 Å². The number of ether oxygens (including phenoxy) is 2. The molecule has 0 spiro atoms. The number of rotatable bonds is 4. The van der Waals surface area contributed by atoms with E-state index in [1.165, 1.54) is 19.3 Å². The van der Waals surface area contributed by atoms with Crippen LogP contribution < -0.4 is 9.47 Å². The van der Waals surface area contributed by atoms with Gasteiger partial charge in [-0.3, -0.25) is 9.69 Å². The molecule has 5 nitrogen and oxygen atoms in total. The number of hydrogen-bond donors (Lipinski definition) is 0. The van der Waals surface area contributed by atoms with Crippen molar-refractivity contribution in [3.63, 3.8) is 0 Å². The van der Waals surface area contributed by atoms with E-state index >= 15 is 0 Å². The number of likely N-dealkylation sites (N-methyl/N-ethyl adjacent to an activating group) is 1. The van der Waals surface area contributed by atoms with Crippen molar-refractivity contribution in [1.82, 2.24) is 9.80 Å². The molecule has 1 aromatic rings. The molecule has 0 atom stereocenters. The van der Waals surface area contributed by atoms with Crippen LogP contribution >= 0.6 is 0 Å². The van der Waals surface area contributed by atoms with Gasteiger partial charge in [0.2, 0.25) is 12.7 Å². The Kier molecular flexibility index (Phi) is 5.39. The largest absolute Gasteiger partial charge is 0.454 e. The lowest BCUT2D eigenvalue weighted by molar-refractivity contribution is -0.132. The Morgan fingerprint density at radius 1 is 1.09 bits per heavy atom. The summed E-state index contributed by atoms with van der Waals surface area (Å²) in [5, 5.41) is 0. The van der Waals surface area contributed by atoms with Gasteiger partial charge in [0.1, 0.15) is 0 Å². The molecule has 2 heterocycles. The molecule has 1 amide bonds. The first-order chi connectivity index (χ1) is 11.2. The highest BCUT2D eigenvalue weighted by molar-refractivity contribution is 5.78. The smallest absolute Gasteiger partial charge is 0.236 e. The number of nitrogens with zero attached hydrogens (tertiary/aromatic N) is 2. The van der Waals surface area contributed by atoms with E-state index in [-0.39, 0.29) is 5.91 Å². The van der Waals surface area contributed by atoms with Gasteiger partial charge in [0.25, 0.3) is 0 Å². The third kappa shape index (κ3) is 4.38. The van der Waals surface area contributed by atoms with E-state index in [1.54, 1.807) is 0 Å². The van der Waals surface area contributed by atoms with E-state index < -0.39 is 0 Å². The van der Waals surface area contributed by atoms with Gasteiger partial charge in [-0.2, -0.15) is 0 Å². The van der Waals surface area contributed by atoms with Crippen molar-refractivity contribution in [3.05, 3.63) is 23.8 Å². The molecule has 3 rings (SSSR count). The van der Waals surface area contributed by atoms with E-state index in [2.05, 4.69) is 4.90 Å². The van der Waals surface area contributed by atoms with Crippen LogP contribution in [0.5, 0.6) is 11.5 Å². The van der Waals surface area contributed by atoms with Gasteiger partial charge in [-0.05, 0) is 37.6 Å². The first-order valence-electron chi connectivity index (χ1n) is 8.57. The van der Waals surface area contributed by atoms with Crippen LogP contribution in [0.2, 0.25) is 0 Å². The maximum Gasteiger partial charge on any atom is 0.236 e. The molecule has 0 unspecified atom stereocenters. The standard InChI is InChI=1S/C18H26N2O3/c1-19(12-15-7-8-16-17(11-15)23-14-22-16)13-18(21)20-9-5-3-2-4-6-10-20/h7-8,11H,2-6,9-10,12-14H2,1H3. The number of fused-ring (bicyclic) bond motifs is 1. The van der Waals surface area contributed by atoms with Crippen LogP contribution in [0.15, 0.2) is 18.2 Å². The van der Waals surface area contributed by atoms with Gasteiger partial charge in [0.15, 0.2) is 11.5 Å². The third-order valence-electron chi connectivity index (χ3n) is 4.50. The molecule has 5 heteroatoms. The maximum absolute atomic E-state index is 12.5. The lowest BCUT2D eigenvalue weighted by Gasteiger charge is -2.27. The first-order valence-corrected chi connectivity index (χ1v) is 8.57. The van der Waals surface area contributed by atoms with Gasteiger partial charge in [-0.1, -0.05) is 25.3 Å². The highest BCUT2D eigenvalue weighted by atomic mass is 16.7. The van der Waals surface area contributed by atoms with Crippen molar-refractivity contribution in [2.24, 2.45) is 0 Å². The normalized spacial score (nSPS) is 17.9. The minimum atomic E-state index is 0.246. The molecule has 0 saturated carbocycles. The summed E-state index contributed by atoms with van der Waals surface area (Å²) in [4.78, 5) is 16.6. The summed E-state index contributed by atoms with van der Waals surface area (Å²) in [5.41, 5.74) is 1.14. The Balaban J connectivity index is 1.51. The second-order valence-corrected chi connectivity index (χ2v) is 6.51. The van der Waals surface area contributed by atoms with E-state index in [9.17, 15) is 4.79 Å². The molecule has 0 aliphatic carbocycles. The molecular weight excluding hydrogens is 292 g/mol. The Hall–Kier alpha value is -1.75. The lowest BCUT2D eigenvalue weighted by Crippen LogP contribution is -2.40. The Bertz CT molecular complexity index is 539. The van der Waals surface area contributed by atoms with Gasteiger partial charge < -0.3 is 14.4 Å². The second-order valence-electron chi connectivity index (χ2n) is 6.51. The molecular formula is C18H26N2O3. The molecule has 23 heavy (non-hydrogen) atoms. The zero-order valence-corrected chi connectivity index (χ0v) is 13.9. The van der Waals surface area contributed by atoms with E-state index in [0.717, 1.165) is 49.5 Å². The average Bonchev–Trinajstić information content (AvgIpc) is 2.94. The second kappa shape index (κ2) is 7.68. The average molecular weight is 318 g/mol. The van der Waals surface area contributed by atoms with Crippen molar-refractivity contribution >= 4 is 5.91 Å². The monoisotopic (exact) mass is 318 g/mol. The highest BCUT2D eigenvalue weighted by Crippen LogP contribution is 2.32. The van der Waals surface area contributed by atoms with Gasteiger partial charge >= 0.3 is 0 Å². The maximum atomic E-state index is 12.5. The van der Waals surface area contributed by atoms with Gasteiger partial charge in [-0.25, -0.2) is 0 Å². The number of amides is 1. The molecule has 1 fully saturated rings. The summed E-state index contributed by atoms with van der Waals surface area (Å²) < 4.78 is 10.7. The van der Waals surface area contributed by atoms with Crippen molar-refractivity contribution < 1.29 is 14.3 Å². The minimum Gasteiger partial charge on any atom is -0.454 e. The molecule has 0 radical (unpaired) electrons. The van der Waals surface area contributed by atoms with Crippen LogP contribution in [0.4, 0.5) is 0 Å². The molecule has 1 saturated heterocycles. The number of carbonyl (C=O) groups excluding carboxylic acids is 1. The van der Waals surface area contributed by atoms with Crippen molar-refractivity contribution in [2.45, 2.75) is 38.6 Å². The zero-order chi connectivity index (χ0) is 16.1. The van der Waals surface area contributed by atoms with Gasteiger partial charge in [0.05, 0.1) is 6.54 Å². The summed E-state index contributed by atoms with van der Waals surface area (Å²) in [6.07, 6.45) is 6.08. The van der Waals surface area contributed by atoms with Crippen LogP contribution in [-0.4, -0.2) is 49.2 Å². The fraction of sp³-hybridized carbons (Fsp3) is 0.611. The quantitative estimate of drug-likeness (QED) is 0.856. The number of carbonyl (C=O) groups is 1. The zero-order valence-electron chi connectivity index (χ0n) is 13.9. The molecule has 0 bridgehead atoms. The Labute approximate surface area is 138 Å². The molecule has 126 valence electrons. The Morgan fingerprint density at radius 2 is 1.78 bits per heavy atom. The van der Waals surface area contributed by atoms with Gasteiger partial charge in [-0.15, -0.1) is 0 Å². The van der Waals surface area contributed by atoms with Crippen molar-refractivity contribution in [2.75, 3.05) is 33.5 Å². The molecule has 2 aliphatic heterocycles. The van der Waals surface area contributed by atoms with Crippen molar-refractivity contribution in [1.29, 1.82) is 0 Å². The number of hydrogen-bond acceptors (Lipinski definition) is 4. The van der Waals surface area contributed by atoms with Crippen LogP contribution in [0.1, 0.15) is 37.7 Å². The minimum absolute atomic E-state index is 0.246. The summed E-state index contributed by atoms with van der Waals surface area (Å²) in [6, 6.07) is 5.97. The topological polar surface area (TPSA) is 42.0 Å². The molecule has 2 aliphatic rings. The van der Waals surface area contributed by atoms with E-state index in [1.807, 2.05) is 30.1 Å². The summed E-state index contributed by atoms with van der Waals surface area (Å²) in [5.74, 6) is 1.84. The molecule has 1 aromatic carbocycles. The van der Waals surface area contributed by atoms with Crippen LogP contribution in [0, 0.1) is 0 Å². The SMILES string of the molecule is CN(CC(=O)N1CCCCCCC1)Cc1ccc2c(c1)OCO2. The van der Waals surface area contributed by atoms with E-state index in [4.69, 9.17) is 9.47 Å². The third-order valence-corrected chi connectivity index (χ3v) is 4.50. The number of benzene rings is 1. The first kappa shape index (κ1) is 16.1. The fourth-order valence-corrected chi connectivity index (χ4v) is 3.23. The van der Waals surface area contributed by atoms with E-state index in [0.29, 0.717) is 13.3 Å². The van der Waals surface area contributed by atoms with Crippen molar-refractivity contribution in [3.8, 4) is 11.5 Å². The highest BCUT2D eigenvalue weighted by Gasteiger charge is 2.18. The van der Waals surface area contributed by atoms with Crippen LogP contribution in [-0.2, 0) is 11.3 Å². The number of likely N-dealkylation sites (tertiary alicyclic amines) is 1. The summed E-state index contributed by atoms with van der Waals surface area (Å²) in [7, 11) is 1.99. The summed E-state index contributed by atoms with van der Waals surface area (Å²) in [6.45, 7) is 3.32. The Morgan fingerprint density at radius 3 is 2.57 bits per heavy atom. The molecule has 0 aromatic heterocycles. The predicted molar refractivity (Wildman–Crippen MR) is 88.6 cm³/mol. The lowest BCUT2D eigenvalue weighted by atomic mass is 10.1. The van der Waals surface area contributed by atoms with Gasteiger partial charge in [0, 0.05) is 19.6 Å². The molecule has 0 N–H and O–H groups in total. The van der Waals surface area contributed by atoms with Crippen LogP contribution in [0.3, 0.4) is 0 Å². The fourth-order valence-electron chi connectivity index (χ4n) is 3.23. The predicted octanol–water partition coefficient (Wildman–Crippen LogP) is 2.64. The summed E-state index contributed by atoms with van der Waals surface area (Å²) >= 11 is 0.